The number of β-amino-alcohol motifs (C(OH)–C–C–N with tert-alkyl or cyclic N) is 1. The molecule has 1 aliphatic rings. The van der Waals surface area contributed by atoms with Crippen molar-refractivity contribution in [3.05, 3.63) is 0 Å². The largest absolute Gasteiger partial charge is 0.391 e. The van der Waals surface area contributed by atoms with Gasteiger partial charge in [0.25, 0.3) is 0 Å². The van der Waals surface area contributed by atoms with Gasteiger partial charge in [0, 0.05) is 19.6 Å². The first-order valence-corrected chi connectivity index (χ1v) is 5.15. The molecule has 1 saturated heterocycles. The van der Waals surface area contributed by atoms with Gasteiger partial charge in [0.05, 0.1) is 12.0 Å². The molecule has 1 rings (SSSR count). The van der Waals surface area contributed by atoms with Crippen molar-refractivity contribution < 1.29 is 9.90 Å². The van der Waals surface area contributed by atoms with Gasteiger partial charge in [-0.3, -0.25) is 4.79 Å². The van der Waals surface area contributed by atoms with Gasteiger partial charge in [0.1, 0.15) is 0 Å². The molecular weight excluding hydrogens is 180 g/mol. The maximum absolute atomic E-state index is 11.6. The van der Waals surface area contributed by atoms with Crippen LogP contribution in [-0.2, 0) is 4.79 Å². The molecular formula is C10H20N2O2. The fourth-order valence-corrected chi connectivity index (χ4v) is 1.67. The number of carbonyl (C=O) groups excluding carboxylic acids is 1. The first-order valence-electron chi connectivity index (χ1n) is 5.15. The molecule has 1 aliphatic heterocycles. The maximum atomic E-state index is 11.6. The zero-order valence-electron chi connectivity index (χ0n) is 9.16. The SMILES string of the molecule is CC(C)CNC(=O)C1CN(C)CC1O. The molecule has 0 aliphatic carbocycles. The van der Waals surface area contributed by atoms with Gasteiger partial charge in [0.15, 0.2) is 0 Å². The Morgan fingerprint density at radius 2 is 2.21 bits per heavy atom. The smallest absolute Gasteiger partial charge is 0.227 e. The number of hydrogen-bond donors (Lipinski definition) is 2. The lowest BCUT2D eigenvalue weighted by molar-refractivity contribution is -0.127. The molecule has 2 N–H and O–H groups in total. The fourth-order valence-electron chi connectivity index (χ4n) is 1.67. The number of rotatable bonds is 3. The van der Waals surface area contributed by atoms with Crippen LogP contribution >= 0.6 is 0 Å². The quantitative estimate of drug-likeness (QED) is 0.656. The molecule has 1 fully saturated rings. The monoisotopic (exact) mass is 200 g/mol. The van der Waals surface area contributed by atoms with Crippen molar-refractivity contribution in [3.8, 4) is 0 Å². The fraction of sp³-hybridized carbons (Fsp3) is 0.900. The van der Waals surface area contributed by atoms with E-state index in [1.165, 1.54) is 0 Å². The van der Waals surface area contributed by atoms with Gasteiger partial charge in [-0.25, -0.2) is 0 Å². The van der Waals surface area contributed by atoms with Crippen LogP contribution in [0.4, 0.5) is 0 Å². The van der Waals surface area contributed by atoms with Crippen LogP contribution in [0.5, 0.6) is 0 Å². The minimum atomic E-state index is -0.507. The zero-order chi connectivity index (χ0) is 10.7. The van der Waals surface area contributed by atoms with E-state index < -0.39 is 6.10 Å². The second kappa shape index (κ2) is 4.75. The molecule has 0 aromatic rings. The van der Waals surface area contributed by atoms with Crippen LogP contribution in [0.15, 0.2) is 0 Å². The van der Waals surface area contributed by atoms with Crippen molar-refractivity contribution in [2.24, 2.45) is 11.8 Å². The summed E-state index contributed by atoms with van der Waals surface area (Å²) in [5.74, 6) is 0.185. The summed E-state index contributed by atoms with van der Waals surface area (Å²) in [5.41, 5.74) is 0. The standard InChI is InChI=1S/C10H20N2O2/c1-7(2)4-11-10(14)8-5-12(3)6-9(8)13/h7-9,13H,4-6H2,1-3H3,(H,11,14). The first-order chi connectivity index (χ1) is 6.50. The Balaban J connectivity index is 2.37. The molecule has 4 heteroatoms. The Labute approximate surface area is 85.3 Å². The van der Waals surface area contributed by atoms with Gasteiger partial charge < -0.3 is 15.3 Å². The van der Waals surface area contributed by atoms with E-state index in [1.807, 2.05) is 11.9 Å². The van der Waals surface area contributed by atoms with Crippen LogP contribution in [-0.4, -0.2) is 48.7 Å². The zero-order valence-corrected chi connectivity index (χ0v) is 9.16. The van der Waals surface area contributed by atoms with Crippen molar-refractivity contribution in [1.29, 1.82) is 0 Å². The molecule has 2 unspecified atom stereocenters. The first kappa shape index (κ1) is 11.5. The third-order valence-electron chi connectivity index (χ3n) is 2.49. The Morgan fingerprint density at radius 1 is 1.57 bits per heavy atom. The molecule has 0 bridgehead atoms. The molecule has 0 aromatic carbocycles. The topological polar surface area (TPSA) is 52.6 Å². The molecule has 82 valence electrons. The number of likely N-dealkylation sites (N-methyl/N-ethyl adjacent to an activating group) is 1. The van der Waals surface area contributed by atoms with E-state index in [2.05, 4.69) is 19.2 Å². The van der Waals surface area contributed by atoms with Crippen molar-refractivity contribution in [3.63, 3.8) is 0 Å². The lowest BCUT2D eigenvalue weighted by Gasteiger charge is -2.14. The molecule has 14 heavy (non-hydrogen) atoms. The van der Waals surface area contributed by atoms with Crippen LogP contribution in [0.25, 0.3) is 0 Å². The van der Waals surface area contributed by atoms with Crippen LogP contribution < -0.4 is 5.32 Å². The number of carbonyl (C=O) groups is 1. The van der Waals surface area contributed by atoms with Gasteiger partial charge >= 0.3 is 0 Å². The third-order valence-corrected chi connectivity index (χ3v) is 2.49. The van der Waals surface area contributed by atoms with E-state index in [1.54, 1.807) is 0 Å². The highest BCUT2D eigenvalue weighted by Gasteiger charge is 2.34. The van der Waals surface area contributed by atoms with Crippen molar-refractivity contribution >= 4 is 5.91 Å². The number of likely N-dealkylation sites (tertiary alicyclic amines) is 1. The van der Waals surface area contributed by atoms with Gasteiger partial charge in [0.2, 0.25) is 5.91 Å². The lowest BCUT2D eigenvalue weighted by atomic mass is 10.1. The summed E-state index contributed by atoms with van der Waals surface area (Å²) in [5, 5.41) is 12.4. The summed E-state index contributed by atoms with van der Waals surface area (Å²) in [6.07, 6.45) is -0.507. The Morgan fingerprint density at radius 3 is 2.64 bits per heavy atom. The highest BCUT2D eigenvalue weighted by atomic mass is 16.3. The van der Waals surface area contributed by atoms with E-state index >= 15 is 0 Å². The maximum Gasteiger partial charge on any atom is 0.227 e. The number of hydrogen-bond acceptors (Lipinski definition) is 3. The van der Waals surface area contributed by atoms with E-state index in [0.29, 0.717) is 25.6 Å². The molecule has 1 heterocycles. The average Bonchev–Trinajstić information content (AvgIpc) is 2.41. The summed E-state index contributed by atoms with van der Waals surface area (Å²) < 4.78 is 0. The number of nitrogens with zero attached hydrogens (tertiary/aromatic N) is 1. The van der Waals surface area contributed by atoms with Gasteiger partial charge in [-0.2, -0.15) is 0 Å². The molecule has 0 radical (unpaired) electrons. The van der Waals surface area contributed by atoms with Crippen LogP contribution in [0.1, 0.15) is 13.8 Å². The minimum Gasteiger partial charge on any atom is -0.391 e. The normalized spacial score (nSPS) is 28.4. The van der Waals surface area contributed by atoms with E-state index in [4.69, 9.17) is 0 Å². The molecule has 0 spiro atoms. The summed E-state index contributed by atoms with van der Waals surface area (Å²) >= 11 is 0. The summed E-state index contributed by atoms with van der Waals surface area (Å²) in [4.78, 5) is 13.6. The summed E-state index contributed by atoms with van der Waals surface area (Å²) in [7, 11) is 1.92. The van der Waals surface area contributed by atoms with Crippen LogP contribution in [0.3, 0.4) is 0 Å². The van der Waals surface area contributed by atoms with Gasteiger partial charge in [-0.15, -0.1) is 0 Å². The predicted molar refractivity (Wildman–Crippen MR) is 54.8 cm³/mol. The molecule has 1 amide bonds. The molecule has 0 aromatic heterocycles. The third kappa shape index (κ3) is 2.96. The van der Waals surface area contributed by atoms with Crippen LogP contribution in [0, 0.1) is 11.8 Å². The number of amides is 1. The van der Waals surface area contributed by atoms with Crippen molar-refractivity contribution in [2.75, 3.05) is 26.7 Å². The Bertz CT molecular complexity index is 206. The van der Waals surface area contributed by atoms with Crippen molar-refractivity contribution in [1.82, 2.24) is 10.2 Å². The second-order valence-electron chi connectivity index (χ2n) is 4.53. The highest BCUT2D eigenvalue weighted by molar-refractivity contribution is 5.79. The summed E-state index contributed by atoms with van der Waals surface area (Å²) in [6.45, 7) is 6.05. The average molecular weight is 200 g/mol. The summed E-state index contributed by atoms with van der Waals surface area (Å²) in [6, 6.07) is 0. The highest BCUT2D eigenvalue weighted by Crippen LogP contribution is 2.15. The van der Waals surface area contributed by atoms with Gasteiger partial charge in [-0.1, -0.05) is 13.8 Å². The second-order valence-corrected chi connectivity index (χ2v) is 4.53. The molecule has 4 nitrogen and oxygen atoms in total. The van der Waals surface area contributed by atoms with Crippen LogP contribution in [0.2, 0.25) is 0 Å². The lowest BCUT2D eigenvalue weighted by Crippen LogP contribution is -2.38. The van der Waals surface area contributed by atoms with Gasteiger partial charge in [-0.05, 0) is 13.0 Å². The number of nitrogens with one attached hydrogen (secondary N) is 1. The molecule has 2 atom stereocenters. The van der Waals surface area contributed by atoms with E-state index in [-0.39, 0.29) is 11.8 Å². The molecule has 0 saturated carbocycles. The Kier molecular flexibility index (Phi) is 3.89. The van der Waals surface area contributed by atoms with Crippen molar-refractivity contribution in [2.45, 2.75) is 20.0 Å². The Hall–Kier alpha value is -0.610. The van der Waals surface area contributed by atoms with E-state index in [0.717, 1.165) is 0 Å². The predicted octanol–water partition coefficient (Wildman–Crippen LogP) is -0.319. The number of aliphatic hydroxyl groups is 1. The van der Waals surface area contributed by atoms with E-state index in [9.17, 15) is 9.90 Å². The number of aliphatic hydroxyl groups excluding tert-OH is 1. The minimum absolute atomic E-state index is 0.0180.